The van der Waals surface area contributed by atoms with E-state index in [4.69, 9.17) is 5.26 Å². The first-order chi connectivity index (χ1) is 5.24. The van der Waals surface area contributed by atoms with Crippen molar-refractivity contribution in [2.75, 3.05) is 0 Å². The Kier molecular flexibility index (Phi) is 2.06. The highest BCUT2D eigenvalue weighted by molar-refractivity contribution is 5.10. The Hall–Kier alpha value is -1.57. The van der Waals surface area contributed by atoms with Gasteiger partial charge >= 0.3 is 6.08 Å². The SMILES string of the molecule is N#CCc1cnc(F)nc1F. The fourth-order valence-electron chi connectivity index (χ4n) is 0.570. The van der Waals surface area contributed by atoms with E-state index in [-0.39, 0.29) is 12.0 Å². The van der Waals surface area contributed by atoms with E-state index >= 15 is 0 Å². The molecule has 1 rings (SSSR count). The molecule has 1 heterocycles. The third-order valence-corrected chi connectivity index (χ3v) is 1.05. The number of nitriles is 1. The summed E-state index contributed by atoms with van der Waals surface area (Å²) in [4.78, 5) is 5.89. The topological polar surface area (TPSA) is 49.6 Å². The Bertz CT molecular complexity index is 305. The lowest BCUT2D eigenvalue weighted by Gasteiger charge is -1.93. The van der Waals surface area contributed by atoms with Crippen LogP contribution in [-0.2, 0) is 6.42 Å². The van der Waals surface area contributed by atoms with Gasteiger partial charge in [0.25, 0.3) is 0 Å². The van der Waals surface area contributed by atoms with Gasteiger partial charge in [0.1, 0.15) is 0 Å². The third kappa shape index (κ3) is 1.67. The number of rotatable bonds is 1. The van der Waals surface area contributed by atoms with E-state index in [0.29, 0.717) is 0 Å². The summed E-state index contributed by atoms with van der Waals surface area (Å²) in [5.41, 5.74) is 0.00824. The maximum atomic E-state index is 12.5. The second-order valence-corrected chi connectivity index (χ2v) is 1.79. The Balaban J connectivity index is 3.01. The first-order valence-electron chi connectivity index (χ1n) is 2.78. The highest BCUT2D eigenvalue weighted by Gasteiger charge is 2.04. The fraction of sp³-hybridized carbons (Fsp3) is 0.167. The van der Waals surface area contributed by atoms with Crippen molar-refractivity contribution in [1.29, 1.82) is 5.26 Å². The second-order valence-electron chi connectivity index (χ2n) is 1.79. The van der Waals surface area contributed by atoms with Crippen LogP contribution in [0.25, 0.3) is 0 Å². The Morgan fingerprint density at radius 3 is 2.82 bits per heavy atom. The summed E-state index contributed by atoms with van der Waals surface area (Å²) in [7, 11) is 0. The van der Waals surface area contributed by atoms with Gasteiger partial charge in [-0.15, -0.1) is 0 Å². The van der Waals surface area contributed by atoms with Gasteiger partial charge in [-0.05, 0) is 0 Å². The summed E-state index contributed by atoms with van der Waals surface area (Å²) in [6.07, 6.45) is -0.309. The highest BCUT2D eigenvalue weighted by Crippen LogP contribution is 2.02. The molecule has 0 aliphatic heterocycles. The van der Waals surface area contributed by atoms with Crippen LogP contribution in [0.3, 0.4) is 0 Å². The maximum absolute atomic E-state index is 12.5. The van der Waals surface area contributed by atoms with E-state index < -0.39 is 12.0 Å². The summed E-state index contributed by atoms with van der Waals surface area (Å²) >= 11 is 0. The summed E-state index contributed by atoms with van der Waals surface area (Å²) in [5, 5.41) is 8.15. The Morgan fingerprint density at radius 2 is 2.27 bits per heavy atom. The van der Waals surface area contributed by atoms with Crippen molar-refractivity contribution in [2.45, 2.75) is 6.42 Å². The summed E-state index contributed by atoms with van der Waals surface area (Å²) in [5.74, 6) is -0.973. The third-order valence-electron chi connectivity index (χ3n) is 1.05. The van der Waals surface area contributed by atoms with Crippen molar-refractivity contribution in [3.05, 3.63) is 23.8 Å². The lowest BCUT2D eigenvalue weighted by Crippen LogP contribution is -1.98. The molecule has 0 radical (unpaired) electrons. The smallest absolute Gasteiger partial charge is 0.210 e. The maximum Gasteiger partial charge on any atom is 0.311 e. The molecule has 1 aromatic rings. The number of hydrogen-bond acceptors (Lipinski definition) is 3. The normalized spacial score (nSPS) is 9.18. The molecular weight excluding hydrogens is 152 g/mol. The summed E-state index contributed by atoms with van der Waals surface area (Å²) in [6, 6.07) is 1.70. The van der Waals surface area contributed by atoms with E-state index in [9.17, 15) is 8.78 Å². The van der Waals surface area contributed by atoms with Crippen molar-refractivity contribution >= 4 is 0 Å². The van der Waals surface area contributed by atoms with Crippen molar-refractivity contribution in [2.24, 2.45) is 0 Å². The van der Waals surface area contributed by atoms with E-state index in [1.807, 2.05) is 0 Å². The van der Waals surface area contributed by atoms with E-state index in [2.05, 4.69) is 9.97 Å². The Labute approximate surface area is 61.3 Å². The molecule has 0 bridgehead atoms. The van der Waals surface area contributed by atoms with Crippen LogP contribution in [0.2, 0.25) is 0 Å². The average molecular weight is 155 g/mol. The molecule has 0 N–H and O–H groups in total. The van der Waals surface area contributed by atoms with Crippen LogP contribution in [0.15, 0.2) is 6.20 Å². The summed E-state index contributed by atoms with van der Waals surface area (Å²) < 4.78 is 24.5. The van der Waals surface area contributed by atoms with Crippen molar-refractivity contribution < 1.29 is 8.78 Å². The molecule has 0 saturated carbocycles. The zero-order chi connectivity index (χ0) is 8.27. The molecule has 1 aromatic heterocycles. The number of nitrogens with zero attached hydrogens (tertiary/aromatic N) is 3. The first kappa shape index (κ1) is 7.54. The van der Waals surface area contributed by atoms with Gasteiger partial charge in [0.2, 0.25) is 5.95 Å². The van der Waals surface area contributed by atoms with Crippen LogP contribution in [-0.4, -0.2) is 9.97 Å². The van der Waals surface area contributed by atoms with Crippen molar-refractivity contribution in [3.63, 3.8) is 0 Å². The lowest BCUT2D eigenvalue weighted by atomic mass is 10.3. The minimum absolute atomic E-state index is 0.00824. The minimum Gasteiger partial charge on any atom is -0.210 e. The lowest BCUT2D eigenvalue weighted by molar-refractivity contribution is 0.476. The molecule has 0 saturated heterocycles. The molecule has 0 aliphatic rings. The molecule has 0 unspecified atom stereocenters. The Morgan fingerprint density at radius 1 is 1.55 bits per heavy atom. The number of hydrogen-bond donors (Lipinski definition) is 0. The van der Waals surface area contributed by atoms with Crippen LogP contribution < -0.4 is 0 Å². The van der Waals surface area contributed by atoms with Crippen LogP contribution in [0.4, 0.5) is 8.78 Å². The molecule has 0 spiro atoms. The first-order valence-corrected chi connectivity index (χ1v) is 2.78. The predicted octanol–water partition coefficient (Wildman–Crippen LogP) is 0.821. The van der Waals surface area contributed by atoms with Crippen LogP contribution in [0.1, 0.15) is 5.56 Å². The number of halogens is 2. The molecule has 56 valence electrons. The standard InChI is InChI=1S/C6H3F2N3/c7-5-4(1-2-9)3-10-6(8)11-5/h3H,1H2. The van der Waals surface area contributed by atoms with Crippen LogP contribution in [0, 0.1) is 23.4 Å². The molecule has 0 aromatic carbocycles. The quantitative estimate of drug-likeness (QED) is 0.445. The molecule has 0 amide bonds. The van der Waals surface area contributed by atoms with Gasteiger partial charge in [-0.1, -0.05) is 0 Å². The second kappa shape index (κ2) is 3.01. The van der Waals surface area contributed by atoms with Crippen LogP contribution >= 0.6 is 0 Å². The zero-order valence-corrected chi connectivity index (χ0v) is 5.38. The zero-order valence-electron chi connectivity index (χ0n) is 5.38. The molecule has 0 fully saturated rings. The number of aromatic nitrogens is 2. The van der Waals surface area contributed by atoms with Gasteiger partial charge in [0.15, 0.2) is 0 Å². The van der Waals surface area contributed by atoms with E-state index in [0.717, 1.165) is 6.20 Å². The molecule has 11 heavy (non-hydrogen) atoms. The molecular formula is C6H3F2N3. The summed E-state index contributed by atoms with van der Waals surface area (Å²) in [6.45, 7) is 0. The van der Waals surface area contributed by atoms with Gasteiger partial charge in [-0.3, -0.25) is 0 Å². The molecule has 0 aliphatic carbocycles. The monoisotopic (exact) mass is 155 g/mol. The molecule has 0 atom stereocenters. The predicted molar refractivity (Wildman–Crippen MR) is 31.3 cm³/mol. The van der Waals surface area contributed by atoms with Gasteiger partial charge in [0.05, 0.1) is 12.5 Å². The van der Waals surface area contributed by atoms with E-state index in [1.54, 1.807) is 6.07 Å². The highest BCUT2D eigenvalue weighted by atomic mass is 19.1. The van der Waals surface area contributed by atoms with Crippen molar-refractivity contribution in [3.8, 4) is 6.07 Å². The van der Waals surface area contributed by atoms with Gasteiger partial charge in [-0.2, -0.15) is 19.0 Å². The molecule has 3 nitrogen and oxygen atoms in total. The molecule has 5 heteroatoms. The van der Waals surface area contributed by atoms with E-state index in [1.165, 1.54) is 0 Å². The minimum atomic E-state index is -1.12. The van der Waals surface area contributed by atoms with Crippen molar-refractivity contribution in [1.82, 2.24) is 9.97 Å². The largest absolute Gasteiger partial charge is 0.311 e. The average Bonchev–Trinajstić information content (AvgIpc) is 1.95. The van der Waals surface area contributed by atoms with Gasteiger partial charge in [0, 0.05) is 11.8 Å². The van der Waals surface area contributed by atoms with Crippen LogP contribution in [0.5, 0.6) is 0 Å². The van der Waals surface area contributed by atoms with Gasteiger partial charge in [-0.25, -0.2) is 4.98 Å². The van der Waals surface area contributed by atoms with Gasteiger partial charge < -0.3 is 0 Å². The fourth-order valence-corrected chi connectivity index (χ4v) is 0.570.